The minimum Gasteiger partial charge on any atom is -0.478 e. The van der Waals surface area contributed by atoms with Crippen molar-refractivity contribution >= 4 is 57.5 Å². The van der Waals surface area contributed by atoms with Crippen molar-refractivity contribution in [3.05, 3.63) is 81.4 Å². The third-order valence-corrected chi connectivity index (χ3v) is 6.23. The molecule has 180 valence electrons. The highest BCUT2D eigenvalue weighted by molar-refractivity contribution is 8.18. The third kappa shape index (κ3) is 5.41. The molecule has 0 saturated carbocycles. The lowest BCUT2D eigenvalue weighted by Crippen LogP contribution is -2.28. The summed E-state index contributed by atoms with van der Waals surface area (Å²) in [4.78, 5) is 36.3. The molecule has 0 unspecified atom stereocenters. The number of aliphatic carboxylic acids is 1. The number of hydrogen-bond donors (Lipinski definition) is 1. The van der Waals surface area contributed by atoms with Crippen LogP contribution >= 0.6 is 23.4 Å². The standard InChI is InChI=1S/C23H15ClF3N3O4S/c24-16-5-4-14(17(10-16)23(25,26)27)12-30-18-6-3-13(8-15(18)11-28-30)9-19-21(33)29(22(34)35-19)7-1-2-20(31)32/h1-6,8-11H,7,12H2,(H,31,32). The zero-order valence-electron chi connectivity index (χ0n) is 17.6. The van der Waals surface area contributed by atoms with Gasteiger partial charge in [-0.2, -0.15) is 18.3 Å². The smallest absolute Gasteiger partial charge is 0.416 e. The lowest BCUT2D eigenvalue weighted by Gasteiger charge is -2.14. The number of benzene rings is 2. The van der Waals surface area contributed by atoms with Gasteiger partial charge in [-0.3, -0.25) is 19.2 Å². The highest BCUT2D eigenvalue weighted by Crippen LogP contribution is 2.35. The molecule has 2 heterocycles. The molecule has 35 heavy (non-hydrogen) atoms. The SMILES string of the molecule is O=C(O)C=CCN1C(=O)SC(=Cc2ccc3c(cnn3Cc3ccc(Cl)cc3C(F)(F)F)c2)C1=O. The number of hydrogen-bond acceptors (Lipinski definition) is 5. The third-order valence-electron chi connectivity index (χ3n) is 5.08. The molecule has 1 aliphatic heterocycles. The number of aromatic nitrogens is 2. The van der Waals surface area contributed by atoms with Gasteiger partial charge < -0.3 is 5.11 Å². The first kappa shape index (κ1) is 24.6. The second kappa shape index (κ2) is 9.59. The summed E-state index contributed by atoms with van der Waals surface area (Å²) in [5.74, 6) is -1.74. The van der Waals surface area contributed by atoms with Crippen molar-refractivity contribution in [2.75, 3.05) is 6.54 Å². The number of imide groups is 1. The lowest BCUT2D eigenvalue weighted by atomic mass is 10.1. The van der Waals surface area contributed by atoms with Crippen molar-refractivity contribution in [1.82, 2.24) is 14.7 Å². The van der Waals surface area contributed by atoms with Crippen LogP contribution in [-0.2, 0) is 22.3 Å². The number of nitrogens with zero attached hydrogens (tertiary/aromatic N) is 3. The Kier molecular flexibility index (Phi) is 6.73. The van der Waals surface area contributed by atoms with E-state index in [0.29, 0.717) is 16.5 Å². The van der Waals surface area contributed by atoms with Crippen molar-refractivity contribution < 1.29 is 32.7 Å². The molecule has 1 aliphatic rings. The van der Waals surface area contributed by atoms with Crippen LogP contribution in [-0.4, -0.2) is 43.4 Å². The normalized spacial score (nSPS) is 15.8. The first-order valence-corrected chi connectivity index (χ1v) is 11.2. The van der Waals surface area contributed by atoms with Gasteiger partial charge in [0.15, 0.2) is 0 Å². The fourth-order valence-corrected chi connectivity index (χ4v) is 4.52. The molecule has 4 rings (SSSR count). The van der Waals surface area contributed by atoms with Crippen LogP contribution in [0.25, 0.3) is 17.0 Å². The first-order valence-electron chi connectivity index (χ1n) is 9.99. The Balaban J connectivity index is 1.57. The largest absolute Gasteiger partial charge is 0.478 e. The molecule has 1 fully saturated rings. The van der Waals surface area contributed by atoms with Crippen LogP contribution in [0.1, 0.15) is 16.7 Å². The maximum atomic E-state index is 13.4. The maximum absolute atomic E-state index is 13.4. The Morgan fingerprint density at radius 3 is 2.66 bits per heavy atom. The van der Waals surface area contributed by atoms with E-state index in [9.17, 15) is 27.6 Å². The molecule has 0 aliphatic carbocycles. The van der Waals surface area contributed by atoms with Gasteiger partial charge >= 0.3 is 12.1 Å². The minimum atomic E-state index is -4.57. The van der Waals surface area contributed by atoms with E-state index in [2.05, 4.69) is 5.10 Å². The fourth-order valence-electron chi connectivity index (χ4n) is 3.50. The average Bonchev–Trinajstić information content (AvgIpc) is 3.29. The second-order valence-corrected chi connectivity index (χ2v) is 8.88. The van der Waals surface area contributed by atoms with Crippen LogP contribution in [0.3, 0.4) is 0 Å². The number of halogens is 4. The molecule has 12 heteroatoms. The van der Waals surface area contributed by atoms with E-state index in [1.54, 1.807) is 18.2 Å². The summed E-state index contributed by atoms with van der Waals surface area (Å²) >= 11 is 6.48. The van der Waals surface area contributed by atoms with Gasteiger partial charge in [0.25, 0.3) is 11.1 Å². The molecule has 3 aromatic rings. The molecular weight excluding hydrogens is 507 g/mol. The number of fused-ring (bicyclic) bond motifs is 1. The molecule has 0 radical (unpaired) electrons. The van der Waals surface area contributed by atoms with Gasteiger partial charge in [-0.05, 0) is 53.2 Å². The van der Waals surface area contributed by atoms with Crippen LogP contribution in [0.4, 0.5) is 18.0 Å². The summed E-state index contributed by atoms with van der Waals surface area (Å²) in [7, 11) is 0. The Morgan fingerprint density at radius 2 is 1.94 bits per heavy atom. The van der Waals surface area contributed by atoms with E-state index in [4.69, 9.17) is 16.7 Å². The Morgan fingerprint density at radius 1 is 1.17 bits per heavy atom. The molecule has 0 spiro atoms. The highest BCUT2D eigenvalue weighted by Gasteiger charge is 2.35. The average molecular weight is 522 g/mol. The summed E-state index contributed by atoms with van der Waals surface area (Å²) < 4.78 is 41.7. The van der Waals surface area contributed by atoms with Crippen molar-refractivity contribution in [3.63, 3.8) is 0 Å². The number of carboxylic acids is 1. The summed E-state index contributed by atoms with van der Waals surface area (Å²) in [6.45, 7) is -0.289. The predicted molar refractivity (Wildman–Crippen MR) is 125 cm³/mol. The number of carbonyl (C=O) groups excluding carboxylic acids is 2. The van der Waals surface area contributed by atoms with Crippen molar-refractivity contribution in [1.29, 1.82) is 0 Å². The van der Waals surface area contributed by atoms with Gasteiger partial charge in [-0.25, -0.2) is 4.79 Å². The monoisotopic (exact) mass is 521 g/mol. The number of rotatable bonds is 6. The minimum absolute atomic E-state index is 0.0154. The topological polar surface area (TPSA) is 92.5 Å². The van der Waals surface area contributed by atoms with Gasteiger partial charge in [-0.15, -0.1) is 0 Å². The zero-order chi connectivity index (χ0) is 25.3. The summed E-state index contributed by atoms with van der Waals surface area (Å²) in [5, 5.41) is 12.9. The van der Waals surface area contributed by atoms with E-state index >= 15 is 0 Å². The van der Waals surface area contributed by atoms with Crippen LogP contribution in [0.2, 0.25) is 5.02 Å². The van der Waals surface area contributed by atoms with Gasteiger partial charge in [0, 0.05) is 23.0 Å². The maximum Gasteiger partial charge on any atom is 0.416 e. The Hall–Kier alpha value is -3.57. The highest BCUT2D eigenvalue weighted by atomic mass is 35.5. The second-order valence-electron chi connectivity index (χ2n) is 7.45. The molecule has 7 nitrogen and oxygen atoms in total. The summed E-state index contributed by atoms with van der Waals surface area (Å²) in [6.07, 6.45) is 0.498. The summed E-state index contributed by atoms with van der Waals surface area (Å²) in [5.41, 5.74) is 0.351. The van der Waals surface area contributed by atoms with E-state index in [1.165, 1.54) is 35.2 Å². The number of amides is 2. The molecule has 1 N–H and O–H groups in total. The van der Waals surface area contributed by atoms with Crippen LogP contribution in [0.15, 0.2) is 59.7 Å². The first-order chi connectivity index (χ1) is 16.5. The number of carbonyl (C=O) groups is 3. The lowest BCUT2D eigenvalue weighted by molar-refractivity contribution is -0.138. The molecule has 0 atom stereocenters. The van der Waals surface area contributed by atoms with E-state index in [0.717, 1.165) is 28.8 Å². The Bertz CT molecular complexity index is 1410. The molecule has 1 aromatic heterocycles. The van der Waals surface area contributed by atoms with Gasteiger partial charge in [0.1, 0.15) is 0 Å². The quantitative estimate of drug-likeness (QED) is 0.435. The van der Waals surface area contributed by atoms with Crippen LogP contribution in [0, 0.1) is 0 Å². The fraction of sp³-hybridized carbons (Fsp3) is 0.130. The van der Waals surface area contributed by atoms with Crippen molar-refractivity contribution in [3.8, 4) is 0 Å². The van der Waals surface area contributed by atoms with Crippen LogP contribution in [0.5, 0.6) is 0 Å². The van der Waals surface area contributed by atoms with Crippen molar-refractivity contribution in [2.24, 2.45) is 0 Å². The molecule has 0 bridgehead atoms. The summed E-state index contributed by atoms with van der Waals surface area (Å²) in [6, 6.07) is 8.60. The van der Waals surface area contributed by atoms with Crippen LogP contribution < -0.4 is 0 Å². The Labute approximate surface area is 205 Å². The molecular formula is C23H15ClF3N3O4S. The van der Waals surface area contributed by atoms with Crippen molar-refractivity contribution in [2.45, 2.75) is 12.7 Å². The molecule has 2 amide bonds. The molecule has 2 aromatic carbocycles. The van der Waals surface area contributed by atoms with Gasteiger partial charge in [0.2, 0.25) is 0 Å². The van der Waals surface area contributed by atoms with E-state index < -0.39 is 28.9 Å². The van der Waals surface area contributed by atoms with E-state index in [1.807, 2.05) is 0 Å². The zero-order valence-corrected chi connectivity index (χ0v) is 19.2. The van der Waals surface area contributed by atoms with Gasteiger partial charge in [0.05, 0.1) is 28.7 Å². The number of carboxylic acid groups (broad SMARTS) is 1. The van der Waals surface area contributed by atoms with E-state index in [-0.39, 0.29) is 28.6 Å². The predicted octanol–water partition coefficient (Wildman–Crippen LogP) is 5.43. The molecule has 1 saturated heterocycles. The van der Waals surface area contributed by atoms with Gasteiger partial charge in [-0.1, -0.05) is 29.8 Å². The number of thioether (sulfide) groups is 1. The number of alkyl halides is 3.